The van der Waals surface area contributed by atoms with E-state index in [1.165, 1.54) is 12.1 Å². The van der Waals surface area contributed by atoms with Gasteiger partial charge in [-0.3, -0.25) is 9.59 Å². The second kappa shape index (κ2) is 5.62. The molecule has 0 bridgehead atoms. The normalized spacial score (nSPS) is 21.6. The molecule has 0 aliphatic carbocycles. The predicted octanol–water partition coefficient (Wildman–Crippen LogP) is 2.36. The fourth-order valence-electron chi connectivity index (χ4n) is 3.49. The molecule has 4 nitrogen and oxygen atoms in total. The summed E-state index contributed by atoms with van der Waals surface area (Å²) in [6.45, 7) is 7.50. The number of hydrogen-bond donors (Lipinski definition) is 0. The highest BCUT2D eigenvalue weighted by molar-refractivity contribution is 5.89. The lowest BCUT2D eigenvalue weighted by atomic mass is 9.97. The zero-order valence-corrected chi connectivity index (χ0v) is 13.9. The van der Waals surface area contributed by atoms with Gasteiger partial charge in [0.15, 0.2) is 0 Å². The first kappa shape index (κ1) is 16.0. The van der Waals surface area contributed by atoms with Gasteiger partial charge in [0, 0.05) is 31.6 Å². The molecule has 1 fully saturated rings. The Morgan fingerprint density at radius 2 is 2.00 bits per heavy atom. The van der Waals surface area contributed by atoms with Gasteiger partial charge in [-0.05, 0) is 50.5 Å². The Labute approximate surface area is 136 Å². The fourth-order valence-corrected chi connectivity index (χ4v) is 3.49. The van der Waals surface area contributed by atoms with Crippen molar-refractivity contribution in [1.82, 2.24) is 9.80 Å². The Morgan fingerprint density at radius 3 is 2.65 bits per heavy atom. The average molecular weight is 318 g/mol. The van der Waals surface area contributed by atoms with E-state index < -0.39 is 0 Å². The van der Waals surface area contributed by atoms with Crippen LogP contribution in [-0.2, 0) is 22.6 Å². The summed E-state index contributed by atoms with van der Waals surface area (Å²) in [6.07, 6.45) is 1.02. The van der Waals surface area contributed by atoms with Crippen molar-refractivity contribution in [2.45, 2.75) is 45.7 Å². The SMILES string of the molecule is CC(C)(C)N1C[C@H](C(=O)N2CCc3ccc(F)cc3C2)CC1=O. The maximum Gasteiger partial charge on any atom is 0.228 e. The molecule has 1 atom stereocenters. The van der Waals surface area contributed by atoms with E-state index in [1.54, 1.807) is 15.9 Å². The largest absolute Gasteiger partial charge is 0.338 e. The second-order valence-electron chi connectivity index (χ2n) is 7.50. The molecule has 0 radical (unpaired) electrons. The Bertz CT molecular complexity index is 651. The summed E-state index contributed by atoms with van der Waals surface area (Å²) in [5.74, 6) is -0.496. The minimum atomic E-state index is -0.281. The summed E-state index contributed by atoms with van der Waals surface area (Å²) in [6, 6.07) is 4.77. The molecule has 3 rings (SSSR count). The molecule has 1 aromatic carbocycles. The van der Waals surface area contributed by atoms with E-state index in [2.05, 4.69) is 0 Å². The molecule has 1 saturated heterocycles. The topological polar surface area (TPSA) is 40.6 Å². The van der Waals surface area contributed by atoms with E-state index in [-0.39, 0.29) is 35.5 Å². The summed E-state index contributed by atoms with van der Waals surface area (Å²) in [5, 5.41) is 0. The van der Waals surface area contributed by atoms with E-state index in [0.29, 0.717) is 19.6 Å². The lowest BCUT2D eigenvalue weighted by Crippen LogP contribution is -2.44. The van der Waals surface area contributed by atoms with Gasteiger partial charge in [0.1, 0.15) is 5.82 Å². The molecule has 23 heavy (non-hydrogen) atoms. The average Bonchev–Trinajstić information content (AvgIpc) is 2.87. The molecule has 0 N–H and O–H groups in total. The first-order chi connectivity index (χ1) is 10.8. The summed E-state index contributed by atoms with van der Waals surface area (Å²) in [5.41, 5.74) is 1.72. The minimum Gasteiger partial charge on any atom is -0.338 e. The number of carbonyl (C=O) groups is 2. The lowest BCUT2D eigenvalue weighted by Gasteiger charge is -2.33. The molecule has 0 spiro atoms. The van der Waals surface area contributed by atoms with Crippen LogP contribution in [0.1, 0.15) is 38.3 Å². The first-order valence-corrected chi connectivity index (χ1v) is 8.12. The Hall–Kier alpha value is -1.91. The van der Waals surface area contributed by atoms with Gasteiger partial charge in [-0.1, -0.05) is 6.07 Å². The predicted molar refractivity (Wildman–Crippen MR) is 85.1 cm³/mol. The van der Waals surface area contributed by atoms with Crippen LogP contribution in [0.15, 0.2) is 18.2 Å². The third-order valence-electron chi connectivity index (χ3n) is 4.78. The van der Waals surface area contributed by atoms with E-state index in [9.17, 15) is 14.0 Å². The highest BCUT2D eigenvalue weighted by Gasteiger charge is 2.41. The molecule has 2 aliphatic rings. The molecule has 0 aromatic heterocycles. The Balaban J connectivity index is 1.72. The number of nitrogens with zero attached hydrogens (tertiary/aromatic N) is 2. The van der Waals surface area contributed by atoms with Crippen LogP contribution in [0.3, 0.4) is 0 Å². The van der Waals surface area contributed by atoms with Gasteiger partial charge in [0.25, 0.3) is 0 Å². The number of hydrogen-bond acceptors (Lipinski definition) is 2. The van der Waals surface area contributed by atoms with Crippen LogP contribution in [0.25, 0.3) is 0 Å². The van der Waals surface area contributed by atoms with Gasteiger partial charge in [-0.15, -0.1) is 0 Å². The second-order valence-corrected chi connectivity index (χ2v) is 7.50. The summed E-state index contributed by atoms with van der Waals surface area (Å²) in [4.78, 5) is 28.5. The molecule has 1 aromatic rings. The molecule has 5 heteroatoms. The number of carbonyl (C=O) groups excluding carboxylic acids is 2. The molecule has 0 unspecified atom stereocenters. The number of amides is 2. The zero-order chi connectivity index (χ0) is 16.8. The van der Waals surface area contributed by atoms with Gasteiger partial charge >= 0.3 is 0 Å². The van der Waals surface area contributed by atoms with Crippen molar-refractivity contribution in [3.8, 4) is 0 Å². The van der Waals surface area contributed by atoms with Crippen molar-refractivity contribution in [2.75, 3.05) is 13.1 Å². The third-order valence-corrected chi connectivity index (χ3v) is 4.78. The van der Waals surface area contributed by atoms with Crippen molar-refractivity contribution in [2.24, 2.45) is 5.92 Å². The van der Waals surface area contributed by atoms with Crippen LogP contribution in [0, 0.1) is 11.7 Å². The highest BCUT2D eigenvalue weighted by atomic mass is 19.1. The highest BCUT2D eigenvalue weighted by Crippen LogP contribution is 2.29. The summed E-state index contributed by atoms with van der Waals surface area (Å²) < 4.78 is 13.4. The number of rotatable bonds is 1. The third kappa shape index (κ3) is 3.09. The molecule has 2 heterocycles. The van der Waals surface area contributed by atoms with E-state index in [4.69, 9.17) is 0 Å². The van der Waals surface area contributed by atoms with Crippen molar-refractivity contribution in [1.29, 1.82) is 0 Å². The zero-order valence-electron chi connectivity index (χ0n) is 13.9. The number of likely N-dealkylation sites (tertiary alicyclic amines) is 1. The molecule has 0 saturated carbocycles. The van der Waals surface area contributed by atoms with Gasteiger partial charge in [0.2, 0.25) is 11.8 Å². The van der Waals surface area contributed by atoms with E-state index in [1.807, 2.05) is 20.8 Å². The summed E-state index contributed by atoms with van der Waals surface area (Å²) >= 11 is 0. The molecule has 2 amide bonds. The van der Waals surface area contributed by atoms with E-state index >= 15 is 0 Å². The van der Waals surface area contributed by atoms with Crippen molar-refractivity contribution in [3.63, 3.8) is 0 Å². The van der Waals surface area contributed by atoms with Gasteiger partial charge in [-0.25, -0.2) is 4.39 Å². The monoisotopic (exact) mass is 318 g/mol. The van der Waals surface area contributed by atoms with Crippen LogP contribution >= 0.6 is 0 Å². The maximum atomic E-state index is 13.4. The van der Waals surface area contributed by atoms with Crippen LogP contribution in [-0.4, -0.2) is 40.2 Å². The van der Waals surface area contributed by atoms with Crippen LogP contribution in [0.4, 0.5) is 4.39 Å². The lowest BCUT2D eigenvalue weighted by molar-refractivity contribution is -0.136. The van der Waals surface area contributed by atoms with Crippen LogP contribution in [0.5, 0.6) is 0 Å². The van der Waals surface area contributed by atoms with Crippen molar-refractivity contribution in [3.05, 3.63) is 35.1 Å². The first-order valence-electron chi connectivity index (χ1n) is 8.12. The quantitative estimate of drug-likeness (QED) is 0.797. The maximum absolute atomic E-state index is 13.4. The van der Waals surface area contributed by atoms with Crippen LogP contribution < -0.4 is 0 Å². The number of benzene rings is 1. The summed E-state index contributed by atoms with van der Waals surface area (Å²) in [7, 11) is 0. The standard InChI is InChI=1S/C18H23FN2O2/c1-18(2,3)21-11-14(9-16(21)22)17(23)20-7-6-12-4-5-15(19)8-13(12)10-20/h4-5,8,14H,6-7,9-11H2,1-3H3/t14-/m1/s1. The molecular weight excluding hydrogens is 295 g/mol. The van der Waals surface area contributed by atoms with Gasteiger partial charge < -0.3 is 9.80 Å². The van der Waals surface area contributed by atoms with E-state index in [0.717, 1.165) is 17.5 Å². The van der Waals surface area contributed by atoms with Gasteiger partial charge in [0.05, 0.1) is 5.92 Å². The van der Waals surface area contributed by atoms with Gasteiger partial charge in [-0.2, -0.15) is 0 Å². The van der Waals surface area contributed by atoms with Crippen LogP contribution in [0.2, 0.25) is 0 Å². The molecule has 2 aliphatic heterocycles. The number of fused-ring (bicyclic) bond motifs is 1. The molecule has 124 valence electrons. The Morgan fingerprint density at radius 1 is 1.26 bits per heavy atom. The van der Waals surface area contributed by atoms with Crippen molar-refractivity contribution < 1.29 is 14.0 Å². The fraction of sp³-hybridized carbons (Fsp3) is 0.556. The smallest absolute Gasteiger partial charge is 0.228 e. The minimum absolute atomic E-state index is 0.0139. The molecular formula is C18H23FN2O2. The number of halogens is 1. The van der Waals surface area contributed by atoms with Crippen molar-refractivity contribution >= 4 is 11.8 Å². The Kier molecular flexibility index (Phi) is 3.90.